The van der Waals surface area contributed by atoms with Crippen LogP contribution < -0.4 is 16.4 Å². The third-order valence-electron chi connectivity index (χ3n) is 4.14. The fourth-order valence-electron chi connectivity index (χ4n) is 2.60. The molecule has 1 aromatic carbocycles. The zero-order valence-corrected chi connectivity index (χ0v) is 13.5. The first-order valence-corrected chi connectivity index (χ1v) is 8.03. The molecule has 6 heteroatoms. The topological polar surface area (TPSA) is 93.5 Å². The fraction of sp³-hybridized carbons (Fsp3) is 0.529. The maximum atomic E-state index is 12.2. The van der Waals surface area contributed by atoms with E-state index in [1.165, 1.54) is 0 Å². The molecule has 2 rings (SSSR count). The summed E-state index contributed by atoms with van der Waals surface area (Å²) in [4.78, 5) is 24.2. The van der Waals surface area contributed by atoms with Gasteiger partial charge in [0, 0.05) is 19.8 Å². The van der Waals surface area contributed by atoms with E-state index in [0.29, 0.717) is 19.8 Å². The van der Waals surface area contributed by atoms with Gasteiger partial charge in [-0.3, -0.25) is 9.59 Å². The van der Waals surface area contributed by atoms with Crippen molar-refractivity contribution in [3.8, 4) is 0 Å². The summed E-state index contributed by atoms with van der Waals surface area (Å²) in [5.41, 5.74) is 7.02. The van der Waals surface area contributed by atoms with E-state index in [1.54, 1.807) is 6.92 Å². The predicted octanol–water partition coefficient (Wildman–Crippen LogP) is 0.561. The van der Waals surface area contributed by atoms with Gasteiger partial charge in [-0.15, -0.1) is 0 Å². The lowest BCUT2D eigenvalue weighted by Crippen LogP contribution is -2.53. The van der Waals surface area contributed by atoms with Gasteiger partial charge in [-0.1, -0.05) is 30.3 Å². The van der Waals surface area contributed by atoms with Crippen molar-refractivity contribution < 1.29 is 14.3 Å². The molecule has 4 N–H and O–H groups in total. The molecule has 1 saturated heterocycles. The molecular weight excluding hydrogens is 294 g/mol. The van der Waals surface area contributed by atoms with Gasteiger partial charge >= 0.3 is 0 Å². The van der Waals surface area contributed by atoms with Gasteiger partial charge in [0.15, 0.2) is 0 Å². The van der Waals surface area contributed by atoms with Gasteiger partial charge in [-0.05, 0) is 31.2 Å². The molecule has 126 valence electrons. The van der Waals surface area contributed by atoms with Crippen LogP contribution >= 0.6 is 0 Å². The minimum Gasteiger partial charge on any atom is -0.381 e. The number of amides is 2. The minimum absolute atomic E-state index is 0.114. The second-order valence-corrected chi connectivity index (χ2v) is 5.91. The molecule has 0 spiro atoms. The van der Waals surface area contributed by atoms with Crippen molar-refractivity contribution in [1.82, 2.24) is 10.6 Å². The van der Waals surface area contributed by atoms with Crippen molar-refractivity contribution in [3.05, 3.63) is 35.9 Å². The first kappa shape index (κ1) is 17.4. The molecular formula is C17H25N3O3. The van der Waals surface area contributed by atoms with Crippen LogP contribution in [0.1, 0.15) is 25.3 Å². The second kappa shape index (κ2) is 8.64. The number of rotatable bonds is 6. The monoisotopic (exact) mass is 319 g/mol. The van der Waals surface area contributed by atoms with Crippen LogP contribution in [0.15, 0.2) is 30.3 Å². The summed E-state index contributed by atoms with van der Waals surface area (Å²) < 4.78 is 5.27. The Balaban J connectivity index is 1.76. The highest BCUT2D eigenvalue weighted by Gasteiger charge is 2.28. The Hall–Kier alpha value is -1.92. The summed E-state index contributed by atoms with van der Waals surface area (Å²) in [5, 5.41) is 5.50. The third kappa shape index (κ3) is 5.33. The maximum absolute atomic E-state index is 12.2. The summed E-state index contributed by atoms with van der Waals surface area (Å²) in [5.74, 6) is -0.385. The summed E-state index contributed by atoms with van der Waals surface area (Å²) in [6.07, 6.45) is 1.56. The van der Waals surface area contributed by atoms with Crippen molar-refractivity contribution in [2.24, 2.45) is 11.7 Å². The van der Waals surface area contributed by atoms with Gasteiger partial charge in [0.05, 0.1) is 6.04 Å². The van der Waals surface area contributed by atoms with Gasteiger partial charge in [0.2, 0.25) is 11.8 Å². The van der Waals surface area contributed by atoms with Crippen molar-refractivity contribution >= 4 is 11.8 Å². The summed E-state index contributed by atoms with van der Waals surface area (Å²) in [6, 6.07) is 8.42. The van der Waals surface area contributed by atoms with Crippen LogP contribution in [0.3, 0.4) is 0 Å². The van der Waals surface area contributed by atoms with Gasteiger partial charge in [-0.25, -0.2) is 0 Å². The Morgan fingerprint density at radius 2 is 1.87 bits per heavy atom. The summed E-state index contributed by atoms with van der Waals surface area (Å²) in [7, 11) is 0. The average Bonchev–Trinajstić information content (AvgIpc) is 2.60. The van der Waals surface area contributed by atoms with Gasteiger partial charge in [0.25, 0.3) is 0 Å². The number of nitrogens with one attached hydrogen (secondary N) is 2. The molecule has 0 aromatic heterocycles. The second-order valence-electron chi connectivity index (χ2n) is 5.91. The van der Waals surface area contributed by atoms with E-state index in [2.05, 4.69) is 10.6 Å². The largest absolute Gasteiger partial charge is 0.381 e. The van der Waals surface area contributed by atoms with Crippen LogP contribution in [0.25, 0.3) is 0 Å². The molecule has 1 aliphatic heterocycles. The van der Waals surface area contributed by atoms with E-state index >= 15 is 0 Å². The lowest BCUT2D eigenvalue weighted by molar-refractivity contribution is -0.130. The van der Waals surface area contributed by atoms with E-state index in [0.717, 1.165) is 18.4 Å². The van der Waals surface area contributed by atoms with E-state index in [9.17, 15) is 9.59 Å². The molecule has 6 nitrogen and oxygen atoms in total. The van der Waals surface area contributed by atoms with Crippen molar-refractivity contribution in [2.45, 2.75) is 38.4 Å². The zero-order chi connectivity index (χ0) is 16.7. The third-order valence-corrected chi connectivity index (χ3v) is 4.14. The molecule has 23 heavy (non-hydrogen) atoms. The van der Waals surface area contributed by atoms with Crippen LogP contribution in [-0.4, -0.2) is 37.1 Å². The number of benzene rings is 1. The smallest absolute Gasteiger partial charge is 0.242 e. The quantitative estimate of drug-likeness (QED) is 0.714. The molecule has 0 saturated carbocycles. The highest BCUT2D eigenvalue weighted by atomic mass is 16.5. The maximum Gasteiger partial charge on any atom is 0.242 e. The number of carbonyl (C=O) groups excluding carboxylic acids is 2. The molecule has 2 unspecified atom stereocenters. The van der Waals surface area contributed by atoms with Crippen molar-refractivity contribution in [3.63, 3.8) is 0 Å². The molecule has 1 heterocycles. The molecule has 2 amide bonds. The summed E-state index contributed by atoms with van der Waals surface area (Å²) in [6.45, 7) is 3.37. The van der Waals surface area contributed by atoms with E-state index in [-0.39, 0.29) is 17.7 Å². The van der Waals surface area contributed by atoms with Crippen LogP contribution in [0, 0.1) is 5.92 Å². The van der Waals surface area contributed by atoms with Crippen LogP contribution in [0.4, 0.5) is 0 Å². The van der Waals surface area contributed by atoms with E-state index in [1.807, 2.05) is 30.3 Å². The Bertz CT molecular complexity index is 515. The molecule has 0 aliphatic carbocycles. The van der Waals surface area contributed by atoms with Crippen LogP contribution in [0.5, 0.6) is 0 Å². The van der Waals surface area contributed by atoms with E-state index < -0.39 is 12.1 Å². The average molecular weight is 319 g/mol. The zero-order valence-electron chi connectivity index (χ0n) is 13.5. The molecule has 0 bridgehead atoms. The number of hydrogen-bond acceptors (Lipinski definition) is 4. The highest BCUT2D eigenvalue weighted by Crippen LogP contribution is 2.17. The first-order valence-electron chi connectivity index (χ1n) is 8.03. The molecule has 0 radical (unpaired) electrons. The molecule has 1 aromatic rings. The number of ether oxygens (including phenoxy) is 1. The molecule has 1 fully saturated rings. The Morgan fingerprint density at radius 3 is 2.52 bits per heavy atom. The fourth-order valence-corrected chi connectivity index (χ4v) is 2.60. The van der Waals surface area contributed by atoms with Crippen LogP contribution in [0.2, 0.25) is 0 Å². The van der Waals surface area contributed by atoms with Crippen LogP contribution in [-0.2, 0) is 20.9 Å². The number of carbonyl (C=O) groups is 2. The predicted molar refractivity (Wildman–Crippen MR) is 87.4 cm³/mol. The van der Waals surface area contributed by atoms with Gasteiger partial charge < -0.3 is 21.1 Å². The van der Waals surface area contributed by atoms with Gasteiger partial charge in [0.1, 0.15) is 6.04 Å². The Kier molecular flexibility index (Phi) is 6.55. The number of hydrogen-bond donors (Lipinski definition) is 3. The normalized spacial score (nSPS) is 18.0. The highest BCUT2D eigenvalue weighted by molar-refractivity contribution is 5.89. The van der Waals surface area contributed by atoms with E-state index in [4.69, 9.17) is 10.5 Å². The Labute approximate surface area is 136 Å². The lowest BCUT2D eigenvalue weighted by Gasteiger charge is -2.27. The molecule has 2 atom stereocenters. The van der Waals surface area contributed by atoms with Gasteiger partial charge in [-0.2, -0.15) is 0 Å². The number of nitrogens with two attached hydrogens (primary N) is 1. The van der Waals surface area contributed by atoms with Crippen molar-refractivity contribution in [2.75, 3.05) is 13.2 Å². The lowest BCUT2D eigenvalue weighted by atomic mass is 9.91. The minimum atomic E-state index is -0.614. The summed E-state index contributed by atoms with van der Waals surface area (Å²) >= 11 is 0. The molecule has 1 aliphatic rings. The standard InChI is InChI=1S/C17H25N3O3/c1-12(16(21)19-11-13-5-3-2-4-6-13)20-17(22)15(18)14-7-9-23-10-8-14/h2-6,12,14-15H,7-11,18H2,1H3,(H,19,21)(H,20,22). The first-order chi connectivity index (χ1) is 11.1. The Morgan fingerprint density at radius 1 is 1.22 bits per heavy atom. The van der Waals surface area contributed by atoms with Crippen molar-refractivity contribution in [1.29, 1.82) is 0 Å². The SMILES string of the molecule is CC(NC(=O)C(N)C1CCOCC1)C(=O)NCc1ccccc1.